The standard InChI is InChI=1S/C12H17N3O2/c13-7-9-2-1-5-15(8-9)12(17)10-3-4-14-11(16)6-10/h3-4,6,9H,1-2,5,7-8,13H2,(H,14,16)/t9-/m0/s1. The van der Waals surface area contributed by atoms with Crippen LogP contribution in [0.3, 0.4) is 0 Å². The van der Waals surface area contributed by atoms with Crippen LogP contribution in [-0.2, 0) is 0 Å². The second kappa shape index (κ2) is 5.14. The molecule has 2 heterocycles. The molecule has 1 fully saturated rings. The van der Waals surface area contributed by atoms with Crippen LogP contribution in [-0.4, -0.2) is 35.4 Å². The number of H-pyrrole nitrogens is 1. The van der Waals surface area contributed by atoms with Crippen LogP contribution < -0.4 is 11.3 Å². The Morgan fingerprint density at radius 3 is 3.12 bits per heavy atom. The van der Waals surface area contributed by atoms with Crippen molar-refractivity contribution in [2.45, 2.75) is 12.8 Å². The zero-order valence-electron chi connectivity index (χ0n) is 9.69. The minimum absolute atomic E-state index is 0.0748. The first kappa shape index (κ1) is 11.9. The summed E-state index contributed by atoms with van der Waals surface area (Å²) >= 11 is 0. The predicted molar refractivity (Wildman–Crippen MR) is 64.7 cm³/mol. The lowest BCUT2D eigenvalue weighted by Gasteiger charge is -2.32. The molecule has 5 heteroatoms. The van der Waals surface area contributed by atoms with Crippen molar-refractivity contribution in [3.8, 4) is 0 Å². The number of nitrogens with two attached hydrogens (primary N) is 1. The Kier molecular flexibility index (Phi) is 3.58. The first-order valence-electron chi connectivity index (χ1n) is 5.89. The number of carbonyl (C=O) groups is 1. The van der Waals surface area contributed by atoms with E-state index < -0.39 is 0 Å². The lowest BCUT2D eigenvalue weighted by Crippen LogP contribution is -2.42. The zero-order chi connectivity index (χ0) is 12.3. The molecule has 0 unspecified atom stereocenters. The van der Waals surface area contributed by atoms with Gasteiger partial charge in [-0.15, -0.1) is 0 Å². The Labute approximate surface area is 99.6 Å². The van der Waals surface area contributed by atoms with E-state index >= 15 is 0 Å². The molecule has 2 rings (SSSR count). The van der Waals surface area contributed by atoms with Crippen LogP contribution >= 0.6 is 0 Å². The molecule has 1 aliphatic heterocycles. The molecule has 1 atom stereocenters. The summed E-state index contributed by atoms with van der Waals surface area (Å²) in [6.45, 7) is 2.06. The normalized spacial score (nSPS) is 20.3. The Hall–Kier alpha value is -1.62. The van der Waals surface area contributed by atoms with Crippen molar-refractivity contribution >= 4 is 5.91 Å². The van der Waals surface area contributed by atoms with Gasteiger partial charge in [-0.05, 0) is 31.4 Å². The van der Waals surface area contributed by atoms with E-state index in [1.165, 1.54) is 12.3 Å². The molecule has 0 aliphatic carbocycles. The Morgan fingerprint density at radius 1 is 1.59 bits per heavy atom. The third kappa shape index (κ3) is 2.74. The molecule has 1 amide bonds. The molecular formula is C12H17N3O2. The number of hydrogen-bond donors (Lipinski definition) is 2. The molecule has 5 nitrogen and oxygen atoms in total. The van der Waals surface area contributed by atoms with Gasteiger partial charge in [0.2, 0.25) is 5.56 Å². The van der Waals surface area contributed by atoms with Crippen molar-refractivity contribution in [3.63, 3.8) is 0 Å². The van der Waals surface area contributed by atoms with E-state index in [1.807, 2.05) is 0 Å². The molecule has 17 heavy (non-hydrogen) atoms. The highest BCUT2D eigenvalue weighted by molar-refractivity contribution is 5.94. The molecule has 1 saturated heterocycles. The number of likely N-dealkylation sites (tertiary alicyclic amines) is 1. The van der Waals surface area contributed by atoms with Crippen molar-refractivity contribution in [2.75, 3.05) is 19.6 Å². The first-order chi connectivity index (χ1) is 8.20. The smallest absolute Gasteiger partial charge is 0.254 e. The van der Waals surface area contributed by atoms with Gasteiger partial charge in [0.15, 0.2) is 0 Å². The summed E-state index contributed by atoms with van der Waals surface area (Å²) in [7, 11) is 0. The lowest BCUT2D eigenvalue weighted by molar-refractivity contribution is 0.0678. The average molecular weight is 235 g/mol. The van der Waals surface area contributed by atoms with Crippen LogP contribution in [0.5, 0.6) is 0 Å². The SMILES string of the molecule is NC[C@@H]1CCCN(C(=O)c2cc[nH]c(=O)c2)C1. The third-order valence-corrected chi connectivity index (χ3v) is 3.16. The van der Waals surface area contributed by atoms with Crippen molar-refractivity contribution in [1.82, 2.24) is 9.88 Å². The van der Waals surface area contributed by atoms with Gasteiger partial charge in [0.25, 0.3) is 5.91 Å². The molecule has 1 aromatic heterocycles. The van der Waals surface area contributed by atoms with Crippen LogP contribution in [0.1, 0.15) is 23.2 Å². The molecular weight excluding hydrogens is 218 g/mol. The van der Waals surface area contributed by atoms with Crippen LogP contribution in [0.15, 0.2) is 23.1 Å². The summed E-state index contributed by atoms with van der Waals surface area (Å²) in [6.07, 6.45) is 3.56. The summed E-state index contributed by atoms with van der Waals surface area (Å²) in [6, 6.07) is 2.98. The molecule has 3 N–H and O–H groups in total. The van der Waals surface area contributed by atoms with E-state index in [0.717, 1.165) is 19.4 Å². The monoisotopic (exact) mass is 235 g/mol. The number of piperidine rings is 1. The Morgan fingerprint density at radius 2 is 2.41 bits per heavy atom. The van der Waals surface area contributed by atoms with Crippen LogP contribution in [0.2, 0.25) is 0 Å². The number of amides is 1. The van der Waals surface area contributed by atoms with Gasteiger partial charge in [-0.2, -0.15) is 0 Å². The molecule has 0 bridgehead atoms. The summed E-state index contributed by atoms with van der Waals surface area (Å²) in [4.78, 5) is 27.6. The molecule has 0 saturated carbocycles. The van der Waals surface area contributed by atoms with E-state index in [4.69, 9.17) is 5.73 Å². The van der Waals surface area contributed by atoms with Gasteiger partial charge < -0.3 is 15.6 Å². The number of aromatic nitrogens is 1. The summed E-state index contributed by atoms with van der Waals surface area (Å²) in [5.74, 6) is 0.309. The fourth-order valence-corrected chi connectivity index (χ4v) is 2.20. The van der Waals surface area contributed by atoms with Crippen molar-refractivity contribution in [3.05, 3.63) is 34.2 Å². The minimum Gasteiger partial charge on any atom is -0.338 e. The maximum atomic E-state index is 12.1. The van der Waals surface area contributed by atoms with E-state index in [-0.39, 0.29) is 11.5 Å². The lowest BCUT2D eigenvalue weighted by atomic mass is 9.98. The minimum atomic E-state index is -0.247. The van der Waals surface area contributed by atoms with Gasteiger partial charge in [0.05, 0.1) is 0 Å². The molecule has 0 radical (unpaired) electrons. The van der Waals surface area contributed by atoms with Crippen molar-refractivity contribution in [2.24, 2.45) is 11.7 Å². The van der Waals surface area contributed by atoms with E-state index in [2.05, 4.69) is 4.98 Å². The van der Waals surface area contributed by atoms with Gasteiger partial charge in [-0.25, -0.2) is 0 Å². The van der Waals surface area contributed by atoms with Gasteiger partial charge in [-0.3, -0.25) is 9.59 Å². The number of pyridine rings is 1. The highest BCUT2D eigenvalue weighted by atomic mass is 16.2. The quantitative estimate of drug-likeness (QED) is 0.767. The topological polar surface area (TPSA) is 79.2 Å². The van der Waals surface area contributed by atoms with Gasteiger partial charge in [-0.1, -0.05) is 0 Å². The maximum absolute atomic E-state index is 12.1. The zero-order valence-corrected chi connectivity index (χ0v) is 9.69. The van der Waals surface area contributed by atoms with E-state index in [0.29, 0.717) is 24.6 Å². The largest absolute Gasteiger partial charge is 0.338 e. The highest BCUT2D eigenvalue weighted by Gasteiger charge is 2.23. The van der Waals surface area contributed by atoms with Crippen LogP contribution in [0, 0.1) is 5.92 Å². The van der Waals surface area contributed by atoms with E-state index in [1.54, 1.807) is 11.0 Å². The molecule has 0 aromatic carbocycles. The number of hydrogen-bond acceptors (Lipinski definition) is 3. The van der Waals surface area contributed by atoms with Crippen LogP contribution in [0.25, 0.3) is 0 Å². The molecule has 92 valence electrons. The van der Waals surface area contributed by atoms with Gasteiger partial charge in [0, 0.05) is 30.9 Å². The second-order valence-electron chi connectivity index (χ2n) is 4.44. The highest BCUT2D eigenvalue weighted by Crippen LogP contribution is 2.17. The predicted octanol–water partition coefficient (Wildman–Crippen LogP) is 0.186. The Bertz CT molecular complexity index is 455. The first-order valence-corrected chi connectivity index (χ1v) is 5.89. The number of aromatic amines is 1. The fourth-order valence-electron chi connectivity index (χ4n) is 2.20. The summed E-state index contributed by atoms with van der Waals surface area (Å²) in [5, 5.41) is 0. The number of rotatable bonds is 2. The molecule has 1 aromatic rings. The Balaban J connectivity index is 2.12. The van der Waals surface area contributed by atoms with Crippen molar-refractivity contribution < 1.29 is 4.79 Å². The number of carbonyl (C=O) groups excluding carboxylic acids is 1. The third-order valence-electron chi connectivity index (χ3n) is 3.16. The maximum Gasteiger partial charge on any atom is 0.254 e. The number of nitrogens with zero attached hydrogens (tertiary/aromatic N) is 1. The fraction of sp³-hybridized carbons (Fsp3) is 0.500. The number of nitrogens with one attached hydrogen (secondary N) is 1. The van der Waals surface area contributed by atoms with Crippen LogP contribution in [0.4, 0.5) is 0 Å². The van der Waals surface area contributed by atoms with Gasteiger partial charge >= 0.3 is 0 Å². The molecule has 1 aliphatic rings. The second-order valence-corrected chi connectivity index (χ2v) is 4.44. The summed E-state index contributed by atoms with van der Waals surface area (Å²) < 4.78 is 0. The average Bonchev–Trinajstić information content (AvgIpc) is 2.38. The van der Waals surface area contributed by atoms with Gasteiger partial charge in [0.1, 0.15) is 0 Å². The summed E-state index contributed by atoms with van der Waals surface area (Å²) in [5.41, 5.74) is 5.84. The van der Waals surface area contributed by atoms with Crippen molar-refractivity contribution in [1.29, 1.82) is 0 Å². The molecule has 0 spiro atoms. The van der Waals surface area contributed by atoms with E-state index in [9.17, 15) is 9.59 Å².